The van der Waals surface area contributed by atoms with Crippen molar-refractivity contribution in [2.45, 2.75) is 108 Å². The second-order valence-corrected chi connectivity index (χ2v) is 11.9. The number of piperidine rings is 2. The molecule has 3 unspecified atom stereocenters. The van der Waals surface area contributed by atoms with Gasteiger partial charge in [-0.1, -0.05) is 43.0 Å². The number of carboxylic acids is 1. The summed E-state index contributed by atoms with van der Waals surface area (Å²) in [6.45, 7) is 0. The topological polar surface area (TPSA) is 108 Å². The van der Waals surface area contributed by atoms with Gasteiger partial charge < -0.3 is 14.9 Å². The molecule has 4 bridgehead atoms. The lowest BCUT2D eigenvalue weighted by atomic mass is 9.68. The Morgan fingerprint density at radius 2 is 1.57 bits per heavy atom. The molecule has 198 valence electrons. The van der Waals surface area contributed by atoms with Gasteiger partial charge in [-0.05, 0) is 68.9 Å². The van der Waals surface area contributed by atoms with E-state index >= 15 is 0 Å². The number of carbonyl (C=O) groups is 1. The number of hydrogen-bond donors (Lipinski definition) is 2. The Morgan fingerprint density at radius 1 is 0.892 bits per heavy atom. The summed E-state index contributed by atoms with van der Waals surface area (Å²) < 4.78 is 1.89. The molecule has 0 amide bonds. The highest BCUT2D eigenvalue weighted by Gasteiger charge is 2.45. The number of para-hydroxylation sites is 2. The average Bonchev–Trinajstić information content (AvgIpc) is 2.88. The Bertz CT molecular complexity index is 1230. The molecule has 4 aliphatic rings. The number of aliphatic carboxylic acids is 1. The highest BCUT2D eigenvalue weighted by atomic mass is 16.4. The third kappa shape index (κ3) is 4.69. The highest BCUT2D eigenvalue weighted by molar-refractivity contribution is 6.00. The quantitative estimate of drug-likeness (QED) is 0.325. The Kier molecular flexibility index (Phi) is 6.78. The summed E-state index contributed by atoms with van der Waals surface area (Å²) in [6.07, 6.45) is 13.6. The zero-order chi connectivity index (χ0) is 25.5. The van der Waals surface area contributed by atoms with Gasteiger partial charge in [-0.15, -0.1) is 0 Å². The molecule has 1 aromatic heterocycles. The lowest BCUT2D eigenvalue weighted by Gasteiger charge is -2.55. The number of nitrogens with zero attached hydrogens (tertiary/aromatic N) is 4. The number of rotatable bonds is 6. The number of carboxylic acid groups (broad SMARTS) is 1. The number of benzene rings is 1. The van der Waals surface area contributed by atoms with Crippen LogP contribution >= 0.6 is 0 Å². The fourth-order valence-electron chi connectivity index (χ4n) is 8.28. The number of aromatic nitrogens is 2. The van der Waals surface area contributed by atoms with Crippen molar-refractivity contribution in [3.05, 3.63) is 40.3 Å². The second-order valence-electron chi connectivity index (χ2n) is 11.9. The van der Waals surface area contributed by atoms with E-state index in [2.05, 4.69) is 15.0 Å². The SMILES string of the molecule is O=C(O)CCC(=NO)c1nc2ccccc2n([C@@H]2CC3CCC[C@H](C2)N3C2CC3CCC[C@@H](C3)C2)c1=O. The van der Waals surface area contributed by atoms with Crippen LogP contribution in [0.25, 0.3) is 11.0 Å². The van der Waals surface area contributed by atoms with Crippen molar-refractivity contribution < 1.29 is 15.1 Å². The van der Waals surface area contributed by atoms with Crippen LogP contribution in [0, 0.1) is 11.8 Å². The van der Waals surface area contributed by atoms with E-state index < -0.39 is 5.97 Å². The smallest absolute Gasteiger partial charge is 0.303 e. The fraction of sp³-hybridized carbons (Fsp3) is 0.655. The minimum atomic E-state index is -1.01. The lowest BCUT2D eigenvalue weighted by molar-refractivity contribution is -0.136. The molecule has 0 radical (unpaired) electrons. The summed E-state index contributed by atoms with van der Waals surface area (Å²) in [5.41, 5.74) is 1.30. The standard InChI is InChI=1S/C29H38N4O4/c34-27(35)12-11-25(31-37)28-29(36)33(26-10-2-1-9-24(26)30-28)23-16-20-7-4-8-21(17-23)32(20)22-14-18-5-3-6-19(13-18)15-22/h1-2,9-10,18-23,37H,3-8,11-17H2,(H,34,35)/t18-,19?,20+,21?,22?,23-/m0/s1. The molecule has 6 rings (SSSR count). The van der Waals surface area contributed by atoms with E-state index in [9.17, 15) is 14.8 Å². The van der Waals surface area contributed by atoms with Crippen molar-refractivity contribution in [3.8, 4) is 0 Å². The zero-order valence-electron chi connectivity index (χ0n) is 21.5. The summed E-state index contributed by atoms with van der Waals surface area (Å²) in [5.74, 6) is 0.786. The van der Waals surface area contributed by atoms with E-state index in [4.69, 9.17) is 5.11 Å². The van der Waals surface area contributed by atoms with Gasteiger partial charge in [-0.2, -0.15) is 0 Å². The van der Waals surface area contributed by atoms with Crippen LogP contribution in [0.1, 0.15) is 95.2 Å². The maximum absolute atomic E-state index is 13.9. The van der Waals surface area contributed by atoms with Crippen LogP contribution in [0.3, 0.4) is 0 Å². The first kappa shape index (κ1) is 24.6. The average molecular weight is 507 g/mol. The van der Waals surface area contributed by atoms with E-state index in [0.717, 1.165) is 30.2 Å². The number of oxime groups is 1. The third-order valence-electron chi connectivity index (χ3n) is 9.66. The number of hydrogen-bond acceptors (Lipinski definition) is 6. The Morgan fingerprint density at radius 3 is 2.24 bits per heavy atom. The summed E-state index contributed by atoms with van der Waals surface area (Å²) in [4.78, 5) is 32.5. The van der Waals surface area contributed by atoms with Crippen molar-refractivity contribution in [1.29, 1.82) is 0 Å². The summed E-state index contributed by atoms with van der Waals surface area (Å²) in [6, 6.07) is 9.35. The van der Waals surface area contributed by atoms with Gasteiger partial charge in [0.15, 0.2) is 5.69 Å². The van der Waals surface area contributed by atoms with Crippen LogP contribution < -0.4 is 5.56 Å². The molecule has 2 saturated heterocycles. The summed E-state index contributed by atoms with van der Waals surface area (Å²) in [5, 5.41) is 22.1. The molecule has 6 atom stereocenters. The predicted molar refractivity (Wildman–Crippen MR) is 141 cm³/mol. The normalized spacial score (nSPS) is 32.4. The molecule has 8 heteroatoms. The van der Waals surface area contributed by atoms with E-state index in [1.165, 1.54) is 57.8 Å². The van der Waals surface area contributed by atoms with Gasteiger partial charge >= 0.3 is 5.97 Å². The Hall–Kier alpha value is -2.74. The molecule has 2 N–H and O–H groups in total. The second kappa shape index (κ2) is 10.2. The molecule has 8 nitrogen and oxygen atoms in total. The summed E-state index contributed by atoms with van der Waals surface area (Å²) in [7, 11) is 0. The first-order valence-corrected chi connectivity index (χ1v) is 14.2. The monoisotopic (exact) mass is 506 g/mol. The highest BCUT2D eigenvalue weighted by Crippen LogP contribution is 2.47. The van der Waals surface area contributed by atoms with Gasteiger partial charge in [0.25, 0.3) is 5.56 Å². The van der Waals surface area contributed by atoms with Gasteiger partial charge in [-0.25, -0.2) is 4.98 Å². The zero-order valence-corrected chi connectivity index (χ0v) is 21.5. The molecule has 2 aromatic rings. The molecule has 0 spiro atoms. The molecular formula is C29H38N4O4. The van der Waals surface area contributed by atoms with Gasteiger partial charge in [0.2, 0.25) is 0 Å². The third-order valence-corrected chi connectivity index (χ3v) is 9.66. The molecule has 3 heterocycles. The van der Waals surface area contributed by atoms with Crippen LogP contribution in [0.15, 0.2) is 34.2 Å². The van der Waals surface area contributed by atoms with Crippen molar-refractivity contribution >= 4 is 22.7 Å². The molecule has 4 fully saturated rings. The fourth-order valence-corrected chi connectivity index (χ4v) is 8.28. The van der Waals surface area contributed by atoms with Gasteiger partial charge in [0.1, 0.15) is 5.71 Å². The Balaban J connectivity index is 1.34. The molecule has 1 aromatic carbocycles. The van der Waals surface area contributed by atoms with E-state index in [0.29, 0.717) is 23.6 Å². The molecule has 37 heavy (non-hydrogen) atoms. The van der Waals surface area contributed by atoms with Crippen LogP contribution in [0.2, 0.25) is 0 Å². The van der Waals surface area contributed by atoms with Crippen molar-refractivity contribution in [1.82, 2.24) is 14.5 Å². The predicted octanol–water partition coefficient (Wildman–Crippen LogP) is 4.97. The Labute approximate surface area is 217 Å². The van der Waals surface area contributed by atoms with Crippen molar-refractivity contribution in [3.63, 3.8) is 0 Å². The van der Waals surface area contributed by atoms with Crippen LogP contribution in [0.4, 0.5) is 0 Å². The van der Waals surface area contributed by atoms with Gasteiger partial charge in [-0.3, -0.25) is 14.5 Å². The first-order chi connectivity index (χ1) is 18.0. The molecule has 2 aliphatic carbocycles. The molecular weight excluding hydrogens is 468 g/mol. The van der Waals surface area contributed by atoms with E-state index in [1.807, 2.05) is 28.8 Å². The van der Waals surface area contributed by atoms with Gasteiger partial charge in [0.05, 0.1) is 17.5 Å². The van der Waals surface area contributed by atoms with Crippen molar-refractivity contribution in [2.75, 3.05) is 0 Å². The van der Waals surface area contributed by atoms with Crippen LogP contribution in [0.5, 0.6) is 0 Å². The largest absolute Gasteiger partial charge is 0.481 e. The van der Waals surface area contributed by atoms with Gasteiger partial charge in [0, 0.05) is 30.6 Å². The number of fused-ring (bicyclic) bond motifs is 5. The molecule has 2 aliphatic heterocycles. The lowest BCUT2D eigenvalue weighted by Crippen LogP contribution is -2.58. The maximum Gasteiger partial charge on any atom is 0.303 e. The van der Waals surface area contributed by atoms with Crippen LogP contribution in [-0.4, -0.2) is 54.6 Å². The van der Waals surface area contributed by atoms with E-state index in [-0.39, 0.29) is 35.8 Å². The van der Waals surface area contributed by atoms with E-state index in [1.54, 1.807) is 0 Å². The van der Waals surface area contributed by atoms with Crippen LogP contribution in [-0.2, 0) is 4.79 Å². The maximum atomic E-state index is 13.9. The minimum absolute atomic E-state index is 0.0401. The first-order valence-electron chi connectivity index (χ1n) is 14.2. The van der Waals surface area contributed by atoms with Crippen molar-refractivity contribution in [2.24, 2.45) is 17.0 Å². The minimum Gasteiger partial charge on any atom is -0.481 e. The molecule has 2 saturated carbocycles. The summed E-state index contributed by atoms with van der Waals surface area (Å²) >= 11 is 0.